The van der Waals surface area contributed by atoms with Crippen molar-refractivity contribution in [2.75, 3.05) is 26.4 Å². The zero-order chi connectivity index (χ0) is 12.2. The van der Waals surface area contributed by atoms with E-state index in [-0.39, 0.29) is 5.84 Å². The minimum absolute atomic E-state index is 0.278. The number of nitrogens with two attached hydrogens (primary N) is 1. The summed E-state index contributed by atoms with van der Waals surface area (Å²) in [5.74, 6) is 0.848. The van der Waals surface area contributed by atoms with Gasteiger partial charge >= 0.3 is 0 Å². The number of unbranched alkanes of at least 4 members (excludes halogenated alkanes) is 1. The van der Waals surface area contributed by atoms with Crippen molar-refractivity contribution in [3.05, 3.63) is 0 Å². The molecule has 3 N–H and O–H groups in total. The van der Waals surface area contributed by atoms with Crippen LogP contribution in [-0.4, -0.2) is 37.5 Å². The van der Waals surface area contributed by atoms with Crippen LogP contribution in [0, 0.1) is 5.92 Å². The SMILES string of the molecule is CC(C)COCCOCCCCC(N)=NO. The van der Waals surface area contributed by atoms with Gasteiger partial charge in [0, 0.05) is 19.6 Å². The van der Waals surface area contributed by atoms with Crippen molar-refractivity contribution < 1.29 is 14.7 Å². The highest BCUT2D eigenvalue weighted by atomic mass is 16.5. The molecular weight excluding hydrogens is 208 g/mol. The Hall–Kier alpha value is -0.810. The maximum absolute atomic E-state index is 8.29. The Kier molecular flexibility index (Phi) is 10.2. The van der Waals surface area contributed by atoms with Crippen LogP contribution in [0.2, 0.25) is 0 Å². The quantitative estimate of drug-likeness (QED) is 0.197. The molecule has 0 aromatic rings. The van der Waals surface area contributed by atoms with E-state index in [9.17, 15) is 0 Å². The predicted molar refractivity (Wildman–Crippen MR) is 63.7 cm³/mol. The minimum Gasteiger partial charge on any atom is -0.409 e. The van der Waals surface area contributed by atoms with E-state index < -0.39 is 0 Å². The predicted octanol–water partition coefficient (Wildman–Crippen LogP) is 1.59. The number of nitrogens with zero attached hydrogens (tertiary/aromatic N) is 1. The summed E-state index contributed by atoms with van der Waals surface area (Å²) in [5.41, 5.74) is 5.32. The molecule has 0 fully saturated rings. The Morgan fingerprint density at radius 2 is 1.88 bits per heavy atom. The van der Waals surface area contributed by atoms with Gasteiger partial charge < -0.3 is 20.4 Å². The third-order valence-electron chi connectivity index (χ3n) is 1.92. The van der Waals surface area contributed by atoms with Gasteiger partial charge in [0.1, 0.15) is 5.84 Å². The third-order valence-corrected chi connectivity index (χ3v) is 1.92. The average molecular weight is 232 g/mol. The molecule has 0 spiro atoms. The van der Waals surface area contributed by atoms with Crippen molar-refractivity contribution in [2.24, 2.45) is 16.8 Å². The second-order valence-corrected chi connectivity index (χ2v) is 4.13. The standard InChI is InChI=1S/C11H24N2O3/c1-10(2)9-16-8-7-15-6-4-3-5-11(12)13-14/h10,14H,3-9H2,1-2H3,(H2,12,13). The van der Waals surface area contributed by atoms with Crippen LogP contribution in [-0.2, 0) is 9.47 Å². The summed E-state index contributed by atoms with van der Waals surface area (Å²) in [4.78, 5) is 0. The number of ether oxygens (including phenoxy) is 2. The lowest BCUT2D eigenvalue weighted by Crippen LogP contribution is -2.12. The molecular formula is C11H24N2O3. The highest BCUT2D eigenvalue weighted by Gasteiger charge is 1.95. The lowest BCUT2D eigenvalue weighted by atomic mass is 10.2. The fourth-order valence-electron chi connectivity index (χ4n) is 1.10. The number of oxime groups is 1. The number of hydrogen-bond acceptors (Lipinski definition) is 4. The first-order chi connectivity index (χ1) is 7.66. The molecule has 0 aliphatic carbocycles. The zero-order valence-corrected chi connectivity index (χ0v) is 10.3. The van der Waals surface area contributed by atoms with Crippen LogP contribution in [0.25, 0.3) is 0 Å². The summed E-state index contributed by atoms with van der Waals surface area (Å²) in [7, 11) is 0. The van der Waals surface area contributed by atoms with Gasteiger partial charge in [-0.15, -0.1) is 0 Å². The van der Waals surface area contributed by atoms with E-state index >= 15 is 0 Å². The normalized spacial score (nSPS) is 12.3. The van der Waals surface area contributed by atoms with E-state index in [1.54, 1.807) is 0 Å². The molecule has 0 saturated heterocycles. The van der Waals surface area contributed by atoms with Crippen LogP contribution >= 0.6 is 0 Å². The molecule has 0 aromatic heterocycles. The van der Waals surface area contributed by atoms with Gasteiger partial charge in [0.05, 0.1) is 13.2 Å². The molecule has 0 heterocycles. The van der Waals surface area contributed by atoms with Crippen LogP contribution in [0.15, 0.2) is 5.16 Å². The van der Waals surface area contributed by atoms with Crippen molar-refractivity contribution in [1.82, 2.24) is 0 Å². The molecule has 16 heavy (non-hydrogen) atoms. The topological polar surface area (TPSA) is 77.1 Å². The van der Waals surface area contributed by atoms with Gasteiger partial charge in [-0.2, -0.15) is 0 Å². The molecule has 0 unspecified atom stereocenters. The summed E-state index contributed by atoms with van der Waals surface area (Å²) >= 11 is 0. The molecule has 0 rings (SSSR count). The fraction of sp³-hybridized carbons (Fsp3) is 0.909. The number of hydrogen-bond donors (Lipinski definition) is 2. The number of rotatable bonds is 10. The Bertz CT molecular complexity index is 184. The van der Waals surface area contributed by atoms with E-state index in [2.05, 4.69) is 19.0 Å². The molecule has 0 aliphatic heterocycles. The molecule has 5 heteroatoms. The van der Waals surface area contributed by atoms with Crippen LogP contribution in [0.3, 0.4) is 0 Å². The van der Waals surface area contributed by atoms with E-state index in [1.165, 1.54) is 0 Å². The highest BCUT2D eigenvalue weighted by molar-refractivity contribution is 5.79. The molecule has 5 nitrogen and oxygen atoms in total. The highest BCUT2D eigenvalue weighted by Crippen LogP contribution is 1.96. The van der Waals surface area contributed by atoms with Gasteiger partial charge in [-0.1, -0.05) is 19.0 Å². The fourth-order valence-corrected chi connectivity index (χ4v) is 1.10. The Labute approximate surface area is 97.6 Å². The summed E-state index contributed by atoms with van der Waals surface area (Å²) in [6.07, 6.45) is 2.41. The molecule has 96 valence electrons. The lowest BCUT2D eigenvalue weighted by Gasteiger charge is -2.07. The monoisotopic (exact) mass is 232 g/mol. The van der Waals surface area contributed by atoms with Gasteiger partial charge in [0.2, 0.25) is 0 Å². The summed E-state index contributed by atoms with van der Waals surface area (Å²) < 4.78 is 10.7. The maximum Gasteiger partial charge on any atom is 0.139 e. The molecule has 0 amide bonds. The van der Waals surface area contributed by atoms with E-state index in [1.807, 2.05) is 0 Å². The smallest absolute Gasteiger partial charge is 0.139 e. The Morgan fingerprint density at radius 1 is 1.19 bits per heavy atom. The average Bonchev–Trinajstić information content (AvgIpc) is 2.26. The minimum atomic E-state index is 0.278. The first kappa shape index (κ1) is 15.2. The summed E-state index contributed by atoms with van der Waals surface area (Å²) in [6.45, 7) is 7.01. The second kappa shape index (κ2) is 10.7. The lowest BCUT2D eigenvalue weighted by molar-refractivity contribution is 0.0368. The van der Waals surface area contributed by atoms with E-state index in [0.717, 1.165) is 19.4 Å². The Balaban J connectivity index is 3.04. The molecule has 0 aliphatic rings. The molecule has 0 radical (unpaired) electrons. The van der Waals surface area contributed by atoms with Crippen molar-refractivity contribution in [3.63, 3.8) is 0 Å². The van der Waals surface area contributed by atoms with Crippen molar-refractivity contribution in [2.45, 2.75) is 33.1 Å². The molecule has 0 saturated carbocycles. The largest absolute Gasteiger partial charge is 0.409 e. The van der Waals surface area contributed by atoms with Crippen molar-refractivity contribution in [3.8, 4) is 0 Å². The molecule has 0 bridgehead atoms. The summed E-state index contributed by atoms with van der Waals surface area (Å²) in [5, 5.41) is 11.2. The van der Waals surface area contributed by atoms with Gasteiger partial charge in [0.15, 0.2) is 0 Å². The van der Waals surface area contributed by atoms with Gasteiger partial charge in [-0.25, -0.2) is 0 Å². The van der Waals surface area contributed by atoms with Gasteiger partial charge in [0.25, 0.3) is 0 Å². The van der Waals surface area contributed by atoms with Crippen molar-refractivity contribution in [1.29, 1.82) is 0 Å². The maximum atomic E-state index is 8.29. The first-order valence-electron chi connectivity index (χ1n) is 5.78. The van der Waals surface area contributed by atoms with Crippen molar-refractivity contribution >= 4 is 5.84 Å². The van der Waals surface area contributed by atoms with E-state index in [0.29, 0.717) is 32.2 Å². The Morgan fingerprint density at radius 3 is 2.50 bits per heavy atom. The van der Waals surface area contributed by atoms with Crippen LogP contribution in [0.5, 0.6) is 0 Å². The second-order valence-electron chi connectivity index (χ2n) is 4.13. The first-order valence-corrected chi connectivity index (χ1v) is 5.78. The number of amidine groups is 1. The molecule has 0 aromatic carbocycles. The molecule has 0 atom stereocenters. The summed E-state index contributed by atoms with van der Waals surface area (Å²) in [6, 6.07) is 0. The van der Waals surface area contributed by atoms with Gasteiger partial charge in [-0.05, 0) is 18.8 Å². The third kappa shape index (κ3) is 11.3. The van der Waals surface area contributed by atoms with Crippen LogP contribution < -0.4 is 5.73 Å². The zero-order valence-electron chi connectivity index (χ0n) is 10.3. The van der Waals surface area contributed by atoms with Gasteiger partial charge in [-0.3, -0.25) is 0 Å². The van der Waals surface area contributed by atoms with E-state index in [4.69, 9.17) is 20.4 Å². The van der Waals surface area contributed by atoms with Crippen LogP contribution in [0.1, 0.15) is 33.1 Å². The van der Waals surface area contributed by atoms with Crippen LogP contribution in [0.4, 0.5) is 0 Å².